The maximum atomic E-state index is 12.2. The molecule has 21 heavy (non-hydrogen) atoms. The van der Waals surface area contributed by atoms with Crippen LogP contribution in [0.25, 0.3) is 0 Å². The first-order valence-electron chi connectivity index (χ1n) is 6.93. The molecule has 1 fully saturated rings. The highest BCUT2D eigenvalue weighted by Crippen LogP contribution is 2.10. The number of amides is 1. The zero-order valence-electron chi connectivity index (χ0n) is 12.3. The second-order valence-electron chi connectivity index (χ2n) is 5.07. The molecule has 1 unspecified atom stereocenters. The molecule has 0 radical (unpaired) electrons. The third-order valence-corrected chi connectivity index (χ3v) is 3.62. The van der Waals surface area contributed by atoms with Crippen LogP contribution >= 0.6 is 0 Å². The first-order chi connectivity index (χ1) is 10.1. The largest absolute Gasteiger partial charge is 0.467 e. The molecule has 1 aliphatic heterocycles. The van der Waals surface area contributed by atoms with E-state index in [2.05, 4.69) is 10.6 Å². The molecular formula is C16H20N2O3. The zero-order valence-corrected chi connectivity index (χ0v) is 12.3. The number of nitrogens with one attached hydrogen (secondary N) is 2. The van der Waals surface area contributed by atoms with Crippen molar-refractivity contribution >= 4 is 11.9 Å². The molecule has 0 aliphatic carbocycles. The number of hydrogen-bond donors (Lipinski definition) is 2. The lowest BCUT2D eigenvalue weighted by Gasteiger charge is -2.23. The van der Waals surface area contributed by atoms with Crippen molar-refractivity contribution in [2.75, 3.05) is 20.2 Å². The van der Waals surface area contributed by atoms with Crippen molar-refractivity contribution in [2.24, 2.45) is 0 Å². The summed E-state index contributed by atoms with van der Waals surface area (Å²) in [4.78, 5) is 24.1. The van der Waals surface area contributed by atoms with Gasteiger partial charge >= 0.3 is 5.97 Å². The topological polar surface area (TPSA) is 67.4 Å². The van der Waals surface area contributed by atoms with Gasteiger partial charge in [-0.05, 0) is 18.1 Å². The molecule has 1 atom stereocenters. The van der Waals surface area contributed by atoms with Gasteiger partial charge in [-0.15, -0.1) is 0 Å². The Labute approximate surface area is 124 Å². The van der Waals surface area contributed by atoms with E-state index in [9.17, 15) is 9.59 Å². The van der Waals surface area contributed by atoms with Gasteiger partial charge in [-0.2, -0.15) is 0 Å². The van der Waals surface area contributed by atoms with Crippen molar-refractivity contribution in [3.05, 3.63) is 47.0 Å². The molecule has 1 aromatic carbocycles. The van der Waals surface area contributed by atoms with Gasteiger partial charge < -0.3 is 15.4 Å². The van der Waals surface area contributed by atoms with Gasteiger partial charge in [0.05, 0.1) is 7.11 Å². The van der Waals surface area contributed by atoms with Crippen molar-refractivity contribution in [3.63, 3.8) is 0 Å². The van der Waals surface area contributed by atoms with E-state index in [0.717, 1.165) is 24.2 Å². The Hall–Kier alpha value is -2.14. The van der Waals surface area contributed by atoms with Gasteiger partial charge in [-0.1, -0.05) is 30.3 Å². The van der Waals surface area contributed by atoms with Crippen LogP contribution in [0.4, 0.5) is 0 Å². The number of ether oxygens (including phenoxy) is 1. The molecule has 112 valence electrons. The van der Waals surface area contributed by atoms with E-state index in [1.165, 1.54) is 7.11 Å². The SMILES string of the molecule is COC(=O)C(Cc1ccccc1)NC(=O)C(C)=C1CNC1. The lowest BCUT2D eigenvalue weighted by Crippen LogP contribution is -2.45. The first kappa shape index (κ1) is 15.3. The Bertz CT molecular complexity index is 546. The Morgan fingerprint density at radius 3 is 2.48 bits per heavy atom. The fourth-order valence-electron chi connectivity index (χ4n) is 2.13. The van der Waals surface area contributed by atoms with E-state index < -0.39 is 12.0 Å². The number of methoxy groups -OCH3 is 1. The Kier molecular flexibility index (Phi) is 5.11. The third-order valence-electron chi connectivity index (χ3n) is 3.62. The van der Waals surface area contributed by atoms with E-state index in [1.807, 2.05) is 30.3 Å². The molecule has 2 rings (SSSR count). The Morgan fingerprint density at radius 2 is 1.95 bits per heavy atom. The molecule has 2 N–H and O–H groups in total. The summed E-state index contributed by atoms with van der Waals surface area (Å²) in [5, 5.41) is 5.86. The van der Waals surface area contributed by atoms with Crippen LogP contribution < -0.4 is 10.6 Å². The molecule has 1 heterocycles. The summed E-state index contributed by atoms with van der Waals surface area (Å²) in [6.07, 6.45) is 0.417. The van der Waals surface area contributed by atoms with Gasteiger partial charge in [0.2, 0.25) is 5.91 Å². The predicted octanol–water partition coefficient (Wildman–Crippen LogP) is 0.807. The normalized spacial score (nSPS) is 14.9. The lowest BCUT2D eigenvalue weighted by atomic mass is 10.0. The molecule has 0 spiro atoms. The summed E-state index contributed by atoms with van der Waals surface area (Å²) >= 11 is 0. The van der Waals surface area contributed by atoms with Crippen molar-refractivity contribution in [2.45, 2.75) is 19.4 Å². The van der Waals surface area contributed by atoms with Crippen molar-refractivity contribution in [3.8, 4) is 0 Å². The van der Waals surface area contributed by atoms with Crippen LogP contribution in [0.3, 0.4) is 0 Å². The van der Waals surface area contributed by atoms with Gasteiger partial charge in [0, 0.05) is 25.1 Å². The van der Waals surface area contributed by atoms with E-state index >= 15 is 0 Å². The van der Waals surface area contributed by atoms with E-state index in [0.29, 0.717) is 12.0 Å². The average molecular weight is 288 g/mol. The highest BCUT2D eigenvalue weighted by molar-refractivity contribution is 5.96. The molecule has 5 heteroatoms. The quantitative estimate of drug-likeness (QED) is 0.621. The highest BCUT2D eigenvalue weighted by Gasteiger charge is 2.24. The summed E-state index contributed by atoms with van der Waals surface area (Å²) < 4.78 is 4.78. The van der Waals surface area contributed by atoms with Crippen LogP contribution in [-0.4, -0.2) is 38.1 Å². The summed E-state index contributed by atoms with van der Waals surface area (Å²) in [7, 11) is 1.33. The highest BCUT2D eigenvalue weighted by atomic mass is 16.5. The van der Waals surface area contributed by atoms with Crippen molar-refractivity contribution in [1.29, 1.82) is 0 Å². The van der Waals surface area contributed by atoms with E-state index in [1.54, 1.807) is 6.92 Å². The maximum Gasteiger partial charge on any atom is 0.328 e. The monoisotopic (exact) mass is 288 g/mol. The molecule has 1 aromatic rings. The standard InChI is InChI=1S/C16H20N2O3/c1-11(13-9-17-10-13)15(19)18-14(16(20)21-2)8-12-6-4-3-5-7-12/h3-7,14,17H,8-10H2,1-2H3,(H,18,19). The van der Waals surface area contributed by atoms with Crippen LogP contribution in [0.1, 0.15) is 12.5 Å². The lowest BCUT2D eigenvalue weighted by molar-refractivity contribution is -0.144. The predicted molar refractivity (Wildman–Crippen MR) is 79.7 cm³/mol. The van der Waals surface area contributed by atoms with Gasteiger partial charge in [-0.25, -0.2) is 4.79 Å². The molecule has 1 aliphatic rings. The zero-order chi connectivity index (χ0) is 15.2. The minimum absolute atomic E-state index is 0.210. The molecule has 0 saturated carbocycles. The molecule has 1 amide bonds. The van der Waals surface area contributed by atoms with Gasteiger partial charge in [0.1, 0.15) is 6.04 Å². The number of benzene rings is 1. The number of hydrogen-bond acceptors (Lipinski definition) is 4. The Balaban J connectivity index is 2.06. The summed E-state index contributed by atoms with van der Waals surface area (Å²) in [5.74, 6) is -0.644. The number of esters is 1. The summed E-state index contributed by atoms with van der Waals surface area (Å²) in [5.41, 5.74) is 2.73. The second kappa shape index (κ2) is 7.04. The smallest absolute Gasteiger partial charge is 0.328 e. The minimum atomic E-state index is -0.673. The molecule has 0 bridgehead atoms. The van der Waals surface area contributed by atoms with Crippen molar-refractivity contribution < 1.29 is 14.3 Å². The number of carbonyl (C=O) groups excluding carboxylic acids is 2. The fourth-order valence-corrected chi connectivity index (χ4v) is 2.13. The molecule has 1 saturated heterocycles. The average Bonchev–Trinajstić information content (AvgIpc) is 2.44. The summed E-state index contributed by atoms with van der Waals surface area (Å²) in [6.45, 7) is 3.25. The van der Waals surface area contributed by atoms with Crippen LogP contribution in [0.2, 0.25) is 0 Å². The number of rotatable bonds is 5. The Morgan fingerprint density at radius 1 is 1.29 bits per heavy atom. The van der Waals surface area contributed by atoms with Crippen LogP contribution in [0, 0.1) is 0 Å². The second-order valence-corrected chi connectivity index (χ2v) is 5.07. The molecular weight excluding hydrogens is 268 g/mol. The van der Waals surface area contributed by atoms with Gasteiger partial charge in [-0.3, -0.25) is 4.79 Å². The molecule has 0 aromatic heterocycles. The van der Waals surface area contributed by atoms with Gasteiger partial charge in [0.15, 0.2) is 0 Å². The molecule has 5 nitrogen and oxygen atoms in total. The van der Waals surface area contributed by atoms with Crippen LogP contribution in [0.5, 0.6) is 0 Å². The van der Waals surface area contributed by atoms with Crippen LogP contribution in [0.15, 0.2) is 41.5 Å². The van der Waals surface area contributed by atoms with E-state index in [-0.39, 0.29) is 5.91 Å². The summed E-state index contributed by atoms with van der Waals surface area (Å²) in [6, 6.07) is 8.88. The minimum Gasteiger partial charge on any atom is -0.467 e. The fraction of sp³-hybridized carbons (Fsp3) is 0.375. The third kappa shape index (κ3) is 3.92. The first-order valence-corrected chi connectivity index (χ1v) is 6.93. The van der Waals surface area contributed by atoms with Crippen LogP contribution in [-0.2, 0) is 20.7 Å². The van der Waals surface area contributed by atoms with E-state index in [4.69, 9.17) is 4.74 Å². The maximum absolute atomic E-state index is 12.2. The number of carbonyl (C=O) groups is 2. The van der Waals surface area contributed by atoms with Gasteiger partial charge in [0.25, 0.3) is 0 Å². The van der Waals surface area contributed by atoms with Crippen molar-refractivity contribution in [1.82, 2.24) is 10.6 Å².